The molecule has 1 aromatic carbocycles. The van der Waals surface area contributed by atoms with Crippen LogP contribution in [0.3, 0.4) is 0 Å². The second kappa shape index (κ2) is 7.84. The molecule has 0 unspecified atom stereocenters. The average Bonchev–Trinajstić information content (AvgIpc) is 3.33. The molecule has 2 amide bonds. The number of esters is 1. The Hall–Kier alpha value is -2.14. The molecular weight excluding hydrogens is 528 g/mol. The largest absolute Gasteiger partial charge is 0.456 e. The Morgan fingerprint density at radius 3 is 2.30 bits per heavy atom. The topological polar surface area (TPSA) is 124 Å². The van der Waals surface area contributed by atoms with E-state index in [1.54, 1.807) is 0 Å². The summed E-state index contributed by atoms with van der Waals surface area (Å²) in [5.41, 5.74) is -0.222. The molecule has 0 aromatic heterocycles. The van der Waals surface area contributed by atoms with Crippen LogP contribution in [-0.2, 0) is 19.1 Å². The van der Waals surface area contributed by atoms with Crippen LogP contribution in [0.15, 0.2) is 24.3 Å². The number of halogens is 2. The summed E-state index contributed by atoms with van der Waals surface area (Å²) >= 11 is 7.18. The second-order valence-corrected chi connectivity index (χ2v) is 9.77. The van der Waals surface area contributed by atoms with E-state index in [-0.39, 0.29) is 44.6 Å². The van der Waals surface area contributed by atoms with Crippen LogP contribution in [0.2, 0.25) is 0 Å². The minimum absolute atomic E-state index is 0.0307. The van der Waals surface area contributed by atoms with Crippen LogP contribution in [0.25, 0.3) is 0 Å². The number of nitro groups is 1. The van der Waals surface area contributed by atoms with Crippen molar-refractivity contribution in [3.8, 4) is 0 Å². The van der Waals surface area contributed by atoms with Gasteiger partial charge in [-0.05, 0) is 18.3 Å². The number of Topliss-reactive ketones (excluding diaryl/α,β-unsaturated/α-hetero) is 1. The maximum atomic E-state index is 12.8. The maximum Gasteiger partial charge on any atom is 0.326 e. The van der Waals surface area contributed by atoms with Crippen LogP contribution in [0, 0.1) is 33.8 Å². The predicted molar refractivity (Wildman–Crippen MR) is 109 cm³/mol. The molecule has 4 rings (SSSR count). The normalized spacial score (nSPS) is 31.7. The standard InChI is InChI=1S/C19H16Br2N2O7/c20-16-10-5-11(17(16)21)15-14(10)18(26)22(19(15)27)6-13(25)30-7-12(24)8-2-1-3-9(4-8)23(28)29/h1-4,10-11,14-17H,5-7H2/t10-,11-,14-,15+,16+,17+/m1/s1. The van der Waals surface area contributed by atoms with Gasteiger partial charge in [-0.2, -0.15) is 0 Å². The first-order valence-electron chi connectivity index (χ1n) is 9.27. The monoisotopic (exact) mass is 542 g/mol. The molecule has 1 saturated heterocycles. The van der Waals surface area contributed by atoms with Gasteiger partial charge in [0.1, 0.15) is 6.54 Å². The molecule has 1 aliphatic heterocycles. The van der Waals surface area contributed by atoms with Crippen LogP contribution in [0.4, 0.5) is 5.69 Å². The fourth-order valence-electron chi connectivity index (χ4n) is 4.76. The Labute approximate surface area is 187 Å². The molecule has 3 fully saturated rings. The molecule has 0 N–H and O–H groups in total. The molecule has 11 heteroatoms. The van der Waals surface area contributed by atoms with E-state index >= 15 is 0 Å². The van der Waals surface area contributed by atoms with Crippen molar-refractivity contribution in [3.05, 3.63) is 39.9 Å². The number of carbonyl (C=O) groups is 4. The number of imide groups is 1. The fourth-order valence-corrected chi connectivity index (χ4v) is 6.64. The quantitative estimate of drug-likeness (QED) is 0.134. The first-order valence-corrected chi connectivity index (χ1v) is 11.1. The van der Waals surface area contributed by atoms with Crippen LogP contribution < -0.4 is 0 Å². The zero-order valence-electron chi connectivity index (χ0n) is 15.4. The average molecular weight is 544 g/mol. The number of benzene rings is 1. The number of alkyl halides is 2. The van der Waals surface area contributed by atoms with Crippen molar-refractivity contribution in [2.75, 3.05) is 13.2 Å². The highest BCUT2D eigenvalue weighted by molar-refractivity contribution is 9.12. The molecule has 6 atom stereocenters. The molecule has 1 aromatic rings. The highest BCUT2D eigenvalue weighted by Gasteiger charge is 2.66. The molecule has 0 spiro atoms. The van der Waals surface area contributed by atoms with Crippen LogP contribution >= 0.6 is 31.9 Å². The summed E-state index contributed by atoms with van der Waals surface area (Å²) in [7, 11) is 0. The summed E-state index contributed by atoms with van der Waals surface area (Å²) in [6.07, 6.45) is 0.786. The minimum atomic E-state index is -0.881. The number of non-ortho nitro benzene ring substituents is 1. The third-order valence-electron chi connectivity index (χ3n) is 6.11. The Balaban J connectivity index is 1.36. The Morgan fingerprint density at radius 1 is 1.13 bits per heavy atom. The van der Waals surface area contributed by atoms with Gasteiger partial charge in [0.2, 0.25) is 17.6 Å². The highest BCUT2D eigenvalue weighted by atomic mass is 79.9. The van der Waals surface area contributed by atoms with E-state index in [4.69, 9.17) is 4.74 Å². The zero-order chi connectivity index (χ0) is 21.7. The van der Waals surface area contributed by atoms with Gasteiger partial charge >= 0.3 is 5.97 Å². The van der Waals surface area contributed by atoms with Crippen molar-refractivity contribution in [1.82, 2.24) is 4.90 Å². The number of hydrogen-bond donors (Lipinski definition) is 0. The summed E-state index contributed by atoms with van der Waals surface area (Å²) in [5, 5.41) is 10.8. The summed E-state index contributed by atoms with van der Waals surface area (Å²) in [4.78, 5) is 61.2. The molecule has 3 aliphatic rings. The van der Waals surface area contributed by atoms with E-state index in [0.717, 1.165) is 17.4 Å². The van der Waals surface area contributed by atoms with Gasteiger partial charge in [-0.15, -0.1) is 0 Å². The second-order valence-electron chi connectivity index (χ2n) is 7.66. The number of carbonyl (C=O) groups excluding carboxylic acids is 4. The Kier molecular flexibility index (Phi) is 5.52. The number of rotatable bonds is 6. The number of ether oxygens (including phenoxy) is 1. The molecule has 1 heterocycles. The highest BCUT2D eigenvalue weighted by Crippen LogP contribution is 2.60. The zero-order valence-corrected chi connectivity index (χ0v) is 18.6. The third kappa shape index (κ3) is 3.37. The Bertz CT molecular complexity index is 936. The van der Waals surface area contributed by atoms with Gasteiger partial charge in [0.05, 0.1) is 16.8 Å². The van der Waals surface area contributed by atoms with Crippen LogP contribution in [0.1, 0.15) is 16.8 Å². The number of amides is 2. The van der Waals surface area contributed by atoms with E-state index < -0.39 is 41.7 Å². The van der Waals surface area contributed by atoms with E-state index in [2.05, 4.69) is 31.9 Å². The number of nitrogens with zero attached hydrogens (tertiary/aromatic N) is 2. The number of hydrogen-bond acceptors (Lipinski definition) is 7. The summed E-state index contributed by atoms with van der Waals surface area (Å²) < 4.78 is 4.93. The van der Waals surface area contributed by atoms with Gasteiger partial charge in [-0.25, -0.2) is 0 Å². The fraction of sp³-hybridized carbons (Fsp3) is 0.474. The first kappa shape index (κ1) is 21.1. The van der Waals surface area contributed by atoms with Crippen molar-refractivity contribution < 1.29 is 28.8 Å². The summed E-state index contributed by atoms with van der Waals surface area (Å²) in [5.74, 6) is -3.03. The lowest BCUT2D eigenvalue weighted by atomic mass is 9.81. The van der Waals surface area contributed by atoms with Gasteiger partial charge in [0.25, 0.3) is 5.69 Å². The predicted octanol–water partition coefficient (Wildman–Crippen LogP) is 2.10. The molecule has 9 nitrogen and oxygen atoms in total. The van der Waals surface area contributed by atoms with Gasteiger partial charge < -0.3 is 4.74 Å². The molecule has 0 radical (unpaired) electrons. The lowest BCUT2D eigenvalue weighted by molar-refractivity contribution is -0.384. The lowest BCUT2D eigenvalue weighted by Gasteiger charge is -2.28. The summed E-state index contributed by atoms with van der Waals surface area (Å²) in [6.45, 7) is -1.19. The summed E-state index contributed by atoms with van der Waals surface area (Å²) in [6, 6.07) is 5.07. The molecule has 30 heavy (non-hydrogen) atoms. The molecule has 2 aliphatic carbocycles. The maximum absolute atomic E-state index is 12.8. The molecule has 2 bridgehead atoms. The SMILES string of the molecule is O=C(CN1C(=O)[C@@H]2[C@H]3C[C@@H]([C@H](Br)[C@H]3Br)[C@@H]2C1=O)OCC(=O)c1cccc([N+](=O)[O-])c1. The van der Waals surface area contributed by atoms with Crippen LogP contribution in [-0.4, -0.2) is 56.2 Å². The van der Waals surface area contributed by atoms with Gasteiger partial charge in [-0.1, -0.05) is 44.0 Å². The molecule has 158 valence electrons. The number of ketones is 1. The smallest absolute Gasteiger partial charge is 0.326 e. The van der Waals surface area contributed by atoms with Gasteiger partial charge in [-0.3, -0.25) is 34.2 Å². The third-order valence-corrected chi connectivity index (χ3v) is 9.32. The van der Waals surface area contributed by atoms with E-state index in [1.165, 1.54) is 18.2 Å². The van der Waals surface area contributed by atoms with E-state index in [0.29, 0.717) is 0 Å². The first-order chi connectivity index (χ1) is 14.2. The van der Waals surface area contributed by atoms with Gasteiger partial charge in [0, 0.05) is 27.4 Å². The van der Waals surface area contributed by atoms with Gasteiger partial charge in [0.15, 0.2) is 6.61 Å². The van der Waals surface area contributed by atoms with Crippen molar-refractivity contribution in [2.24, 2.45) is 23.7 Å². The minimum Gasteiger partial charge on any atom is -0.456 e. The van der Waals surface area contributed by atoms with E-state index in [9.17, 15) is 29.3 Å². The number of fused-ring (bicyclic) bond motifs is 5. The van der Waals surface area contributed by atoms with E-state index in [1.807, 2.05) is 0 Å². The lowest BCUT2D eigenvalue weighted by Crippen LogP contribution is -2.38. The van der Waals surface area contributed by atoms with Crippen molar-refractivity contribution in [1.29, 1.82) is 0 Å². The molecular formula is C19H16Br2N2O7. The number of likely N-dealkylation sites (tertiary alicyclic amines) is 1. The number of nitro benzene ring substituents is 1. The Morgan fingerprint density at radius 2 is 1.73 bits per heavy atom. The van der Waals surface area contributed by atoms with Crippen molar-refractivity contribution in [2.45, 2.75) is 16.1 Å². The van der Waals surface area contributed by atoms with Crippen molar-refractivity contribution >= 4 is 61.1 Å². The van der Waals surface area contributed by atoms with Crippen LogP contribution in [0.5, 0.6) is 0 Å². The molecule has 2 saturated carbocycles. The van der Waals surface area contributed by atoms with Crippen molar-refractivity contribution in [3.63, 3.8) is 0 Å².